The Hall–Kier alpha value is -1.58. The van der Waals surface area contributed by atoms with Crippen molar-refractivity contribution in [3.8, 4) is 5.88 Å². The number of aryl methyl sites for hydroxylation is 1. The molecule has 0 aromatic carbocycles. The number of aromatic nitrogens is 3. The fourth-order valence-electron chi connectivity index (χ4n) is 1.68. The number of pyridine rings is 1. The van der Waals surface area contributed by atoms with E-state index in [1.807, 2.05) is 13.0 Å². The summed E-state index contributed by atoms with van der Waals surface area (Å²) in [7, 11) is 0. The van der Waals surface area contributed by atoms with Gasteiger partial charge in [-0.15, -0.1) is 0 Å². The van der Waals surface area contributed by atoms with Gasteiger partial charge in [0.2, 0.25) is 5.88 Å². The van der Waals surface area contributed by atoms with Crippen LogP contribution in [0.15, 0.2) is 12.3 Å². The molecule has 1 N–H and O–H groups in total. The summed E-state index contributed by atoms with van der Waals surface area (Å²) in [6.07, 6.45) is 4.34. The zero-order chi connectivity index (χ0) is 10.3. The minimum absolute atomic E-state index is 0.714. The van der Waals surface area contributed by atoms with Crippen LogP contribution < -0.4 is 4.74 Å². The summed E-state index contributed by atoms with van der Waals surface area (Å²) < 4.78 is 5.71. The van der Waals surface area contributed by atoms with Crippen LogP contribution in [-0.4, -0.2) is 21.8 Å². The summed E-state index contributed by atoms with van der Waals surface area (Å²) in [6.45, 7) is 2.75. The predicted octanol–water partition coefficient (Wildman–Crippen LogP) is 2.06. The van der Waals surface area contributed by atoms with Crippen molar-refractivity contribution in [1.82, 2.24) is 15.2 Å². The number of nitrogens with zero attached hydrogens (tertiary/aromatic N) is 2. The predicted molar refractivity (Wildman–Crippen MR) is 56.8 cm³/mol. The lowest BCUT2D eigenvalue weighted by Gasteiger charge is -2.04. The fraction of sp³-hybridized carbons (Fsp3) is 0.455. The van der Waals surface area contributed by atoms with Crippen molar-refractivity contribution in [2.45, 2.75) is 19.8 Å². The van der Waals surface area contributed by atoms with Crippen molar-refractivity contribution in [3.63, 3.8) is 0 Å². The minimum atomic E-state index is 0.714. The number of H-pyrrole nitrogens is 1. The maximum Gasteiger partial charge on any atom is 0.224 e. The molecular formula is C11H13N3O. The van der Waals surface area contributed by atoms with Gasteiger partial charge >= 0.3 is 0 Å². The fourth-order valence-corrected chi connectivity index (χ4v) is 1.68. The van der Waals surface area contributed by atoms with Crippen molar-refractivity contribution in [3.05, 3.63) is 18.0 Å². The molecule has 2 aromatic heterocycles. The summed E-state index contributed by atoms with van der Waals surface area (Å²) in [4.78, 5) is 4.26. The highest BCUT2D eigenvalue weighted by molar-refractivity contribution is 5.85. The average Bonchev–Trinajstić information content (AvgIpc) is 3.00. The molecule has 1 aliphatic carbocycles. The number of aromatic amines is 1. The van der Waals surface area contributed by atoms with Crippen LogP contribution in [-0.2, 0) is 0 Å². The van der Waals surface area contributed by atoms with Crippen LogP contribution in [0.25, 0.3) is 10.9 Å². The van der Waals surface area contributed by atoms with E-state index in [1.165, 1.54) is 12.8 Å². The smallest absolute Gasteiger partial charge is 0.224 e. The van der Waals surface area contributed by atoms with Gasteiger partial charge in [-0.3, -0.25) is 5.10 Å². The number of nitrogens with one attached hydrogen (secondary N) is 1. The van der Waals surface area contributed by atoms with Crippen molar-refractivity contribution in [1.29, 1.82) is 0 Å². The van der Waals surface area contributed by atoms with Gasteiger partial charge in [0.25, 0.3) is 0 Å². The zero-order valence-corrected chi connectivity index (χ0v) is 8.66. The van der Waals surface area contributed by atoms with Gasteiger partial charge in [-0.05, 0) is 31.7 Å². The van der Waals surface area contributed by atoms with Gasteiger partial charge in [0, 0.05) is 6.20 Å². The Kier molecular flexibility index (Phi) is 1.87. The molecule has 3 rings (SSSR count). The van der Waals surface area contributed by atoms with E-state index in [0.29, 0.717) is 5.88 Å². The van der Waals surface area contributed by atoms with Gasteiger partial charge in [0.15, 0.2) is 0 Å². The normalized spacial score (nSPS) is 15.8. The second-order valence-corrected chi connectivity index (χ2v) is 4.10. The third-order valence-electron chi connectivity index (χ3n) is 2.77. The Balaban J connectivity index is 1.96. The van der Waals surface area contributed by atoms with Crippen LogP contribution in [0.4, 0.5) is 0 Å². The lowest BCUT2D eigenvalue weighted by Crippen LogP contribution is -2.01. The van der Waals surface area contributed by atoms with Crippen molar-refractivity contribution in [2.24, 2.45) is 5.92 Å². The minimum Gasteiger partial charge on any atom is -0.477 e. The Morgan fingerprint density at radius 1 is 1.53 bits per heavy atom. The highest BCUT2D eigenvalue weighted by Gasteiger charge is 2.22. The molecule has 0 unspecified atom stereocenters. The Morgan fingerprint density at radius 3 is 3.20 bits per heavy atom. The number of hydrogen-bond acceptors (Lipinski definition) is 3. The summed E-state index contributed by atoms with van der Waals surface area (Å²) in [5.74, 6) is 1.46. The van der Waals surface area contributed by atoms with E-state index in [9.17, 15) is 0 Å². The highest BCUT2D eigenvalue weighted by Crippen LogP contribution is 2.31. The van der Waals surface area contributed by atoms with Crippen LogP contribution in [0, 0.1) is 12.8 Å². The molecule has 0 spiro atoms. The van der Waals surface area contributed by atoms with E-state index >= 15 is 0 Å². The first-order valence-electron chi connectivity index (χ1n) is 5.27. The van der Waals surface area contributed by atoms with Crippen LogP contribution in [0.1, 0.15) is 18.5 Å². The number of rotatable bonds is 3. The van der Waals surface area contributed by atoms with E-state index in [0.717, 1.165) is 29.1 Å². The molecule has 15 heavy (non-hydrogen) atoms. The second-order valence-electron chi connectivity index (χ2n) is 4.10. The van der Waals surface area contributed by atoms with Gasteiger partial charge in [0.1, 0.15) is 0 Å². The van der Waals surface area contributed by atoms with Crippen LogP contribution in [0.5, 0.6) is 5.88 Å². The lowest BCUT2D eigenvalue weighted by molar-refractivity contribution is 0.292. The molecule has 0 radical (unpaired) electrons. The molecule has 1 fully saturated rings. The molecule has 2 aromatic rings. The van der Waals surface area contributed by atoms with Crippen LogP contribution in [0.2, 0.25) is 0 Å². The number of ether oxygens (including phenoxy) is 1. The molecule has 0 atom stereocenters. The van der Waals surface area contributed by atoms with E-state index < -0.39 is 0 Å². The average molecular weight is 203 g/mol. The molecule has 1 aliphatic rings. The van der Waals surface area contributed by atoms with Gasteiger partial charge in [-0.2, -0.15) is 5.10 Å². The SMILES string of the molecule is Cc1n[nH]c2ccnc(OCC3CC3)c12. The Morgan fingerprint density at radius 2 is 2.40 bits per heavy atom. The van der Waals surface area contributed by atoms with Crippen molar-refractivity contribution < 1.29 is 4.74 Å². The van der Waals surface area contributed by atoms with E-state index in [4.69, 9.17) is 4.74 Å². The standard InChI is InChI=1S/C11H13N3O/c1-7-10-9(14-13-7)4-5-12-11(10)15-6-8-2-3-8/h4-5,8H,2-3,6H2,1H3,(H,13,14). The first kappa shape index (κ1) is 8.71. The molecule has 78 valence electrons. The van der Waals surface area contributed by atoms with Gasteiger partial charge in [-0.25, -0.2) is 4.98 Å². The van der Waals surface area contributed by atoms with Crippen LogP contribution >= 0.6 is 0 Å². The Labute approximate surface area is 87.7 Å². The second kappa shape index (κ2) is 3.22. The zero-order valence-electron chi connectivity index (χ0n) is 8.66. The van der Waals surface area contributed by atoms with Crippen LogP contribution in [0.3, 0.4) is 0 Å². The lowest BCUT2D eigenvalue weighted by atomic mass is 10.2. The molecule has 0 bridgehead atoms. The molecule has 2 heterocycles. The monoisotopic (exact) mass is 203 g/mol. The highest BCUT2D eigenvalue weighted by atomic mass is 16.5. The number of hydrogen-bond donors (Lipinski definition) is 1. The van der Waals surface area contributed by atoms with E-state index in [1.54, 1.807) is 6.20 Å². The van der Waals surface area contributed by atoms with Gasteiger partial charge in [0.05, 0.1) is 23.2 Å². The quantitative estimate of drug-likeness (QED) is 0.830. The van der Waals surface area contributed by atoms with E-state index in [-0.39, 0.29) is 0 Å². The van der Waals surface area contributed by atoms with Crippen molar-refractivity contribution in [2.75, 3.05) is 6.61 Å². The molecule has 0 aliphatic heterocycles. The van der Waals surface area contributed by atoms with Gasteiger partial charge < -0.3 is 4.74 Å². The summed E-state index contributed by atoms with van der Waals surface area (Å²) >= 11 is 0. The first-order valence-corrected chi connectivity index (χ1v) is 5.27. The molecule has 1 saturated carbocycles. The third-order valence-corrected chi connectivity index (χ3v) is 2.77. The summed E-state index contributed by atoms with van der Waals surface area (Å²) in [5.41, 5.74) is 1.94. The first-order chi connectivity index (χ1) is 7.34. The molecule has 4 nitrogen and oxygen atoms in total. The topological polar surface area (TPSA) is 50.8 Å². The molecule has 0 amide bonds. The molecular weight excluding hydrogens is 190 g/mol. The summed E-state index contributed by atoms with van der Waals surface area (Å²) in [5, 5.41) is 8.13. The maximum atomic E-state index is 5.71. The molecule has 0 saturated heterocycles. The van der Waals surface area contributed by atoms with E-state index in [2.05, 4.69) is 15.2 Å². The maximum absolute atomic E-state index is 5.71. The molecule has 4 heteroatoms. The van der Waals surface area contributed by atoms with Gasteiger partial charge in [-0.1, -0.05) is 0 Å². The largest absolute Gasteiger partial charge is 0.477 e. The third kappa shape index (κ3) is 1.56. The Bertz CT molecular complexity index is 488. The van der Waals surface area contributed by atoms with Crippen molar-refractivity contribution >= 4 is 10.9 Å². The number of fused-ring (bicyclic) bond motifs is 1. The summed E-state index contributed by atoms with van der Waals surface area (Å²) in [6, 6.07) is 1.92.